The smallest absolute Gasteiger partial charge is 0.330 e. The fourth-order valence-corrected chi connectivity index (χ4v) is 6.20. The van der Waals surface area contributed by atoms with Crippen LogP contribution in [0.15, 0.2) is 40.1 Å². The molecule has 3 rings (SSSR count). The minimum Gasteiger partial charge on any atom is -0.462 e. The number of hydrogen-bond donors (Lipinski definition) is 4. The van der Waals surface area contributed by atoms with E-state index >= 15 is 0 Å². The monoisotopic (exact) mass is 605 g/mol. The summed E-state index contributed by atoms with van der Waals surface area (Å²) in [5.74, 6) is 0.665. The third-order valence-electron chi connectivity index (χ3n) is 5.45. The topological polar surface area (TPSA) is 161 Å². The molecule has 0 amide bonds. The number of aliphatic hydroxyl groups excluding tert-OH is 2. The van der Waals surface area contributed by atoms with Crippen LogP contribution in [0, 0.1) is 18.2 Å². The molecule has 1 saturated heterocycles. The highest BCUT2D eigenvalue weighted by molar-refractivity contribution is 8.09. The molecule has 1 aromatic carbocycles. The summed E-state index contributed by atoms with van der Waals surface area (Å²) >= 11 is 11.4. The molecule has 2 unspecified atom stereocenters. The molecule has 0 bridgehead atoms. The Balaban J connectivity index is 1.84. The van der Waals surface area contributed by atoms with Crippen molar-refractivity contribution in [2.75, 3.05) is 6.61 Å². The van der Waals surface area contributed by atoms with E-state index < -0.39 is 72.5 Å². The molecule has 212 valence electrons. The molecule has 0 aliphatic carbocycles. The molecule has 39 heavy (non-hydrogen) atoms. The van der Waals surface area contributed by atoms with Gasteiger partial charge in [0.15, 0.2) is 6.10 Å². The summed E-state index contributed by atoms with van der Waals surface area (Å²) in [6.45, 7) is 0.655. The van der Waals surface area contributed by atoms with Crippen molar-refractivity contribution in [1.29, 1.82) is 0 Å². The van der Waals surface area contributed by atoms with Crippen LogP contribution in [-0.4, -0.2) is 62.8 Å². The maximum Gasteiger partial charge on any atom is 0.330 e. The van der Waals surface area contributed by atoms with Crippen LogP contribution in [0.3, 0.4) is 0 Å². The molecule has 16 heteroatoms. The van der Waals surface area contributed by atoms with Gasteiger partial charge in [-0.05, 0) is 44.7 Å². The van der Waals surface area contributed by atoms with Crippen LogP contribution in [0.5, 0.6) is 5.75 Å². The summed E-state index contributed by atoms with van der Waals surface area (Å²) in [7, 11) is 0. The van der Waals surface area contributed by atoms with Crippen LogP contribution in [0.1, 0.15) is 20.8 Å². The van der Waals surface area contributed by atoms with Crippen LogP contribution >= 0.6 is 18.2 Å². The Bertz CT molecular complexity index is 1430. The van der Waals surface area contributed by atoms with Gasteiger partial charge in [0.05, 0.1) is 17.7 Å². The van der Waals surface area contributed by atoms with Gasteiger partial charge >= 0.3 is 18.3 Å². The minimum atomic E-state index is -3.66. The molecule has 0 radical (unpaired) electrons. The second kappa shape index (κ2) is 12.3. The summed E-state index contributed by atoms with van der Waals surface area (Å²) < 4.78 is 36.8. The zero-order chi connectivity index (χ0) is 29.1. The first-order chi connectivity index (χ1) is 18.2. The third kappa shape index (κ3) is 6.77. The van der Waals surface area contributed by atoms with E-state index in [0.717, 1.165) is 29.0 Å². The average Bonchev–Trinajstić information content (AvgIpc) is 2.85. The standard InChI is InChI=1S/C23H26ClFN3O9PS/c1-5-18(29)23(28-9-8-19(30)26-22(28)33)20(31)17(36-23)11-34-38(39,27-13(4)21(32)35-12(2)3)37-14-6-7-16(25)15(24)10-14/h1,6-10,12-13,17-18,20,29,31H,11H2,2-4H3,(H,27,39)(H,26,30,33)/t13?,17-,18+,20-,23-,38?/m1/s1. The zero-order valence-electron chi connectivity index (χ0n) is 20.9. The Labute approximate surface area is 232 Å². The fourth-order valence-electron chi connectivity index (χ4n) is 3.62. The van der Waals surface area contributed by atoms with Crippen molar-refractivity contribution in [2.45, 2.75) is 57.0 Å². The third-order valence-corrected chi connectivity index (χ3v) is 8.24. The number of aliphatic hydroxyl groups is 2. The van der Waals surface area contributed by atoms with E-state index in [0.29, 0.717) is 0 Å². The van der Waals surface area contributed by atoms with E-state index in [2.05, 4.69) is 5.09 Å². The number of aromatic nitrogens is 2. The van der Waals surface area contributed by atoms with Crippen LogP contribution in [0.2, 0.25) is 5.02 Å². The summed E-state index contributed by atoms with van der Waals surface area (Å²) in [6.07, 6.45) is 1.29. The Morgan fingerprint density at radius 2 is 2.10 bits per heavy atom. The lowest BCUT2D eigenvalue weighted by Gasteiger charge is -2.53. The highest BCUT2D eigenvalue weighted by Crippen LogP contribution is 2.48. The van der Waals surface area contributed by atoms with E-state index in [4.69, 9.17) is 48.4 Å². The van der Waals surface area contributed by atoms with Crippen LogP contribution in [0.4, 0.5) is 4.39 Å². The number of hydrogen-bond acceptors (Lipinski definition) is 10. The molecule has 1 aromatic heterocycles. The van der Waals surface area contributed by atoms with Gasteiger partial charge in [0.1, 0.15) is 29.8 Å². The fraction of sp³-hybridized carbons (Fsp3) is 0.435. The predicted octanol–water partition coefficient (Wildman–Crippen LogP) is 0.985. The predicted molar refractivity (Wildman–Crippen MR) is 141 cm³/mol. The van der Waals surface area contributed by atoms with E-state index in [1.807, 2.05) is 10.9 Å². The molecule has 1 aliphatic rings. The van der Waals surface area contributed by atoms with Gasteiger partial charge in [-0.2, -0.15) is 0 Å². The maximum absolute atomic E-state index is 13.6. The van der Waals surface area contributed by atoms with Crippen LogP contribution in [-0.2, 0) is 36.3 Å². The van der Waals surface area contributed by atoms with E-state index in [1.54, 1.807) is 13.8 Å². The largest absolute Gasteiger partial charge is 0.462 e. The first-order valence-corrected chi connectivity index (χ1v) is 14.4. The molecule has 1 aliphatic heterocycles. The SMILES string of the molecule is C#C[C@H](O)[C@@]1(n2ccc(=O)[nH]c2=O)O[C@H](COP(=S)(NC(C)C(=O)OC(C)C)Oc2ccc(F)c(Cl)c2)[C@H]1O. The number of H-pyrrole nitrogens is 1. The molecule has 0 saturated carbocycles. The number of esters is 1. The Morgan fingerprint density at radius 1 is 1.41 bits per heavy atom. The van der Waals surface area contributed by atoms with Crippen molar-refractivity contribution in [2.24, 2.45) is 0 Å². The first kappa shape index (κ1) is 30.9. The lowest BCUT2D eigenvalue weighted by molar-refractivity contribution is -0.361. The lowest BCUT2D eigenvalue weighted by atomic mass is 9.88. The van der Waals surface area contributed by atoms with Gasteiger partial charge < -0.3 is 28.7 Å². The number of benzene rings is 1. The van der Waals surface area contributed by atoms with Crippen molar-refractivity contribution in [3.8, 4) is 18.1 Å². The lowest BCUT2D eigenvalue weighted by Crippen LogP contribution is -2.73. The number of halogens is 2. The number of nitrogens with one attached hydrogen (secondary N) is 2. The quantitative estimate of drug-likeness (QED) is 0.164. The first-order valence-electron chi connectivity index (χ1n) is 11.4. The van der Waals surface area contributed by atoms with Gasteiger partial charge in [-0.15, -0.1) is 6.42 Å². The number of nitrogens with zero attached hydrogens (tertiary/aromatic N) is 1. The molecule has 1 fully saturated rings. The highest BCUT2D eigenvalue weighted by atomic mass is 35.5. The van der Waals surface area contributed by atoms with Crippen LogP contribution < -0.4 is 20.9 Å². The number of ether oxygens (including phenoxy) is 2. The van der Waals surface area contributed by atoms with Crippen LogP contribution in [0.25, 0.3) is 0 Å². The van der Waals surface area contributed by atoms with E-state index in [-0.39, 0.29) is 10.8 Å². The normalized spacial score (nSPS) is 23.7. The van der Waals surface area contributed by atoms with Gasteiger partial charge in [0.25, 0.3) is 5.56 Å². The number of carbonyl (C=O) groups is 1. The van der Waals surface area contributed by atoms with Gasteiger partial charge in [-0.1, -0.05) is 17.5 Å². The summed E-state index contributed by atoms with van der Waals surface area (Å²) in [4.78, 5) is 38.2. The highest BCUT2D eigenvalue weighted by Gasteiger charge is 2.61. The Hall–Kier alpha value is -2.60. The molecule has 6 atom stereocenters. The number of terminal acetylenes is 1. The van der Waals surface area contributed by atoms with Gasteiger partial charge in [0, 0.05) is 18.3 Å². The molecule has 2 aromatic rings. The second-order valence-corrected chi connectivity index (χ2v) is 12.2. The van der Waals surface area contributed by atoms with Crippen molar-refractivity contribution in [1.82, 2.24) is 14.6 Å². The van der Waals surface area contributed by atoms with Gasteiger partial charge in [0.2, 0.25) is 5.72 Å². The van der Waals surface area contributed by atoms with Crippen molar-refractivity contribution in [3.05, 3.63) is 62.1 Å². The Kier molecular flexibility index (Phi) is 9.74. The second-order valence-electron chi connectivity index (χ2n) is 8.70. The number of carbonyl (C=O) groups excluding carboxylic acids is 1. The van der Waals surface area contributed by atoms with Crippen molar-refractivity contribution < 1.29 is 37.9 Å². The molecular formula is C23H26ClFN3O9PS. The van der Waals surface area contributed by atoms with Crippen molar-refractivity contribution in [3.63, 3.8) is 0 Å². The van der Waals surface area contributed by atoms with E-state index in [1.165, 1.54) is 13.0 Å². The number of aromatic amines is 1. The molecule has 4 N–H and O–H groups in total. The zero-order valence-corrected chi connectivity index (χ0v) is 23.3. The summed E-state index contributed by atoms with van der Waals surface area (Å²) in [5, 5.41) is 23.9. The molecular weight excluding hydrogens is 580 g/mol. The minimum absolute atomic E-state index is 0.0219. The van der Waals surface area contributed by atoms with Gasteiger partial charge in [-0.25, -0.2) is 14.3 Å². The molecule has 2 heterocycles. The Morgan fingerprint density at radius 3 is 2.67 bits per heavy atom. The summed E-state index contributed by atoms with van der Waals surface area (Å²) in [5.41, 5.74) is -3.85. The molecule has 0 spiro atoms. The number of rotatable bonds is 11. The summed E-state index contributed by atoms with van der Waals surface area (Å²) in [6, 6.07) is 3.42. The average molecular weight is 606 g/mol. The molecule has 12 nitrogen and oxygen atoms in total. The van der Waals surface area contributed by atoms with Crippen molar-refractivity contribution >= 4 is 36.0 Å². The van der Waals surface area contributed by atoms with Gasteiger partial charge in [-0.3, -0.25) is 19.1 Å². The maximum atomic E-state index is 13.6. The van der Waals surface area contributed by atoms with E-state index in [9.17, 15) is 29.0 Å².